The van der Waals surface area contributed by atoms with Crippen molar-refractivity contribution in [3.63, 3.8) is 0 Å². The van der Waals surface area contributed by atoms with Crippen LogP contribution in [-0.2, 0) is 6.54 Å². The number of hydrogen-bond acceptors (Lipinski definition) is 3. The van der Waals surface area contributed by atoms with E-state index < -0.39 is 0 Å². The molecule has 1 aromatic rings. The summed E-state index contributed by atoms with van der Waals surface area (Å²) in [7, 11) is 2.19. The Morgan fingerprint density at radius 3 is 2.76 bits per heavy atom. The molecule has 0 aliphatic carbocycles. The Hall–Kier alpha value is -0.580. The second-order valence-electron chi connectivity index (χ2n) is 5.52. The monoisotopic (exact) mass is 356 g/mol. The SMILES string of the molecule is CCCOc1ccc(Br)cc1CNCCN(C)C(C)CC. The average Bonchev–Trinajstić information content (AvgIpc) is 2.49. The first-order valence-electron chi connectivity index (χ1n) is 7.90. The predicted molar refractivity (Wildman–Crippen MR) is 94.0 cm³/mol. The zero-order valence-corrected chi connectivity index (χ0v) is 15.4. The first-order valence-corrected chi connectivity index (χ1v) is 8.69. The predicted octanol–water partition coefficient (Wildman–Crippen LogP) is 4.06. The smallest absolute Gasteiger partial charge is 0.123 e. The van der Waals surface area contributed by atoms with E-state index in [9.17, 15) is 0 Å². The Labute approximate surface area is 138 Å². The Bertz CT molecular complexity index is 412. The van der Waals surface area contributed by atoms with Gasteiger partial charge in [-0.25, -0.2) is 0 Å². The zero-order chi connectivity index (χ0) is 15.7. The molecule has 0 aliphatic heterocycles. The average molecular weight is 357 g/mol. The van der Waals surface area contributed by atoms with Crippen molar-refractivity contribution in [1.29, 1.82) is 0 Å². The lowest BCUT2D eigenvalue weighted by Gasteiger charge is -2.23. The van der Waals surface area contributed by atoms with Gasteiger partial charge in [0.1, 0.15) is 5.75 Å². The summed E-state index contributed by atoms with van der Waals surface area (Å²) in [5.41, 5.74) is 1.21. The normalized spacial score (nSPS) is 12.7. The van der Waals surface area contributed by atoms with Crippen molar-refractivity contribution in [3.8, 4) is 5.75 Å². The van der Waals surface area contributed by atoms with Crippen molar-refractivity contribution in [1.82, 2.24) is 10.2 Å². The molecule has 3 nitrogen and oxygen atoms in total. The molecule has 1 rings (SSSR count). The minimum atomic E-state index is 0.640. The van der Waals surface area contributed by atoms with Gasteiger partial charge in [-0.3, -0.25) is 0 Å². The first kappa shape index (κ1) is 18.5. The van der Waals surface area contributed by atoms with Crippen molar-refractivity contribution in [2.75, 3.05) is 26.7 Å². The molecule has 1 atom stereocenters. The van der Waals surface area contributed by atoms with Crippen LogP contribution in [0.25, 0.3) is 0 Å². The number of rotatable bonds is 10. The molecule has 0 radical (unpaired) electrons. The lowest BCUT2D eigenvalue weighted by molar-refractivity contribution is 0.251. The third-order valence-electron chi connectivity index (χ3n) is 3.78. The highest BCUT2D eigenvalue weighted by atomic mass is 79.9. The number of nitrogens with zero attached hydrogens (tertiary/aromatic N) is 1. The quantitative estimate of drug-likeness (QED) is 0.639. The molecular formula is C17H29BrN2O. The van der Waals surface area contributed by atoms with Crippen molar-refractivity contribution in [2.24, 2.45) is 0 Å². The molecule has 0 fully saturated rings. The summed E-state index contributed by atoms with van der Waals surface area (Å²) in [6.45, 7) is 10.3. The molecule has 4 heteroatoms. The van der Waals surface area contributed by atoms with E-state index >= 15 is 0 Å². The molecule has 0 aromatic heterocycles. The number of ether oxygens (including phenoxy) is 1. The summed E-state index contributed by atoms with van der Waals surface area (Å²) in [6.07, 6.45) is 2.22. The largest absolute Gasteiger partial charge is 0.493 e. The molecule has 1 aromatic carbocycles. The van der Waals surface area contributed by atoms with E-state index in [0.29, 0.717) is 6.04 Å². The van der Waals surface area contributed by atoms with E-state index in [4.69, 9.17) is 4.74 Å². The summed E-state index contributed by atoms with van der Waals surface area (Å²) in [5, 5.41) is 3.51. The molecule has 0 bridgehead atoms. The lowest BCUT2D eigenvalue weighted by atomic mass is 10.2. The van der Waals surface area contributed by atoms with Gasteiger partial charge in [0.05, 0.1) is 6.61 Å². The molecule has 0 heterocycles. The molecule has 120 valence electrons. The number of benzene rings is 1. The summed E-state index contributed by atoms with van der Waals surface area (Å²) >= 11 is 3.53. The highest BCUT2D eigenvalue weighted by Crippen LogP contribution is 2.23. The van der Waals surface area contributed by atoms with Gasteiger partial charge in [0.25, 0.3) is 0 Å². The van der Waals surface area contributed by atoms with Crippen LogP contribution in [0.5, 0.6) is 5.75 Å². The van der Waals surface area contributed by atoms with Gasteiger partial charge in [0.15, 0.2) is 0 Å². The lowest BCUT2D eigenvalue weighted by Crippen LogP contribution is -2.34. The molecule has 1 unspecified atom stereocenters. The van der Waals surface area contributed by atoms with Gasteiger partial charge in [-0.2, -0.15) is 0 Å². The van der Waals surface area contributed by atoms with Crippen molar-refractivity contribution in [2.45, 2.75) is 46.2 Å². The Balaban J connectivity index is 2.45. The van der Waals surface area contributed by atoms with Gasteiger partial charge in [0.2, 0.25) is 0 Å². The van der Waals surface area contributed by atoms with E-state index in [1.165, 1.54) is 12.0 Å². The van der Waals surface area contributed by atoms with E-state index in [-0.39, 0.29) is 0 Å². The van der Waals surface area contributed by atoms with Crippen LogP contribution < -0.4 is 10.1 Å². The van der Waals surface area contributed by atoms with Crippen molar-refractivity contribution in [3.05, 3.63) is 28.2 Å². The first-order chi connectivity index (χ1) is 10.1. The molecule has 21 heavy (non-hydrogen) atoms. The van der Waals surface area contributed by atoms with Gasteiger partial charge in [-0.15, -0.1) is 0 Å². The van der Waals surface area contributed by atoms with E-state index in [2.05, 4.69) is 60.0 Å². The van der Waals surface area contributed by atoms with Gasteiger partial charge in [-0.1, -0.05) is 29.8 Å². The van der Waals surface area contributed by atoms with Gasteiger partial charge in [-0.05, 0) is 45.0 Å². The molecular weight excluding hydrogens is 328 g/mol. The van der Waals surface area contributed by atoms with Gasteiger partial charge < -0.3 is 15.0 Å². The van der Waals surface area contributed by atoms with E-state index in [1.54, 1.807) is 0 Å². The van der Waals surface area contributed by atoms with Crippen LogP contribution in [-0.4, -0.2) is 37.7 Å². The molecule has 0 aliphatic rings. The number of likely N-dealkylation sites (N-methyl/N-ethyl adjacent to an activating group) is 1. The van der Waals surface area contributed by atoms with Crippen LogP contribution in [0.3, 0.4) is 0 Å². The molecule has 0 saturated carbocycles. The molecule has 0 amide bonds. The van der Waals surface area contributed by atoms with Crippen LogP contribution >= 0.6 is 15.9 Å². The second-order valence-corrected chi connectivity index (χ2v) is 6.43. The molecule has 0 spiro atoms. The van der Waals surface area contributed by atoms with E-state index in [0.717, 1.165) is 42.9 Å². The topological polar surface area (TPSA) is 24.5 Å². The summed E-state index contributed by atoms with van der Waals surface area (Å²) in [4.78, 5) is 2.39. The van der Waals surface area contributed by atoms with Crippen molar-refractivity contribution >= 4 is 15.9 Å². The van der Waals surface area contributed by atoms with E-state index in [1.807, 2.05) is 12.1 Å². The van der Waals surface area contributed by atoms with Crippen LogP contribution in [0.1, 0.15) is 39.2 Å². The fourth-order valence-electron chi connectivity index (χ4n) is 2.05. The minimum Gasteiger partial charge on any atom is -0.493 e. The highest BCUT2D eigenvalue weighted by Gasteiger charge is 2.07. The van der Waals surface area contributed by atoms with Crippen LogP contribution in [0, 0.1) is 0 Å². The minimum absolute atomic E-state index is 0.640. The number of halogens is 1. The molecule has 0 saturated heterocycles. The standard InChI is InChI=1S/C17H29BrN2O/c1-5-11-21-17-8-7-16(18)12-15(17)13-19-9-10-20(4)14(3)6-2/h7-8,12,14,19H,5-6,9-11,13H2,1-4H3. The maximum absolute atomic E-state index is 5.80. The Kier molecular flexibility index (Phi) is 8.97. The summed E-state index contributed by atoms with van der Waals surface area (Å²) in [6, 6.07) is 6.85. The Morgan fingerprint density at radius 1 is 1.33 bits per heavy atom. The van der Waals surface area contributed by atoms with Crippen LogP contribution in [0.2, 0.25) is 0 Å². The van der Waals surface area contributed by atoms with Gasteiger partial charge in [0, 0.05) is 35.7 Å². The highest BCUT2D eigenvalue weighted by molar-refractivity contribution is 9.10. The third-order valence-corrected chi connectivity index (χ3v) is 4.28. The maximum Gasteiger partial charge on any atom is 0.123 e. The fraction of sp³-hybridized carbons (Fsp3) is 0.647. The molecule has 1 N–H and O–H groups in total. The van der Waals surface area contributed by atoms with Crippen LogP contribution in [0.4, 0.5) is 0 Å². The van der Waals surface area contributed by atoms with Gasteiger partial charge >= 0.3 is 0 Å². The van der Waals surface area contributed by atoms with Crippen molar-refractivity contribution < 1.29 is 4.74 Å². The second kappa shape index (κ2) is 10.2. The third kappa shape index (κ3) is 6.81. The number of hydrogen-bond donors (Lipinski definition) is 1. The maximum atomic E-state index is 5.80. The van der Waals surface area contributed by atoms with Crippen LogP contribution in [0.15, 0.2) is 22.7 Å². The number of nitrogens with one attached hydrogen (secondary N) is 1. The zero-order valence-electron chi connectivity index (χ0n) is 13.8. The summed E-state index contributed by atoms with van der Waals surface area (Å²) < 4.78 is 6.90. The fourth-order valence-corrected chi connectivity index (χ4v) is 2.46. The Morgan fingerprint density at radius 2 is 2.10 bits per heavy atom. The summed E-state index contributed by atoms with van der Waals surface area (Å²) in [5.74, 6) is 0.989.